The molecule has 0 radical (unpaired) electrons. The number of benzene rings is 1. The third-order valence-corrected chi connectivity index (χ3v) is 4.07. The molecule has 0 N–H and O–H groups in total. The van der Waals surface area contributed by atoms with Crippen LogP contribution >= 0.6 is 23.5 Å². The number of carbonyl (C=O) groups is 2. The van der Waals surface area contributed by atoms with Gasteiger partial charge in [0, 0.05) is 6.92 Å². The first-order valence-electron chi connectivity index (χ1n) is 5.43. The van der Waals surface area contributed by atoms with E-state index >= 15 is 0 Å². The average molecular weight is 293 g/mol. The van der Waals surface area contributed by atoms with E-state index in [9.17, 15) is 9.59 Å². The number of thioether (sulfide) groups is 2. The molecule has 0 aliphatic carbocycles. The van der Waals surface area contributed by atoms with Crippen LogP contribution in [-0.2, 0) is 9.59 Å². The lowest BCUT2D eigenvalue weighted by Crippen LogP contribution is -2.00. The van der Waals surface area contributed by atoms with Crippen LogP contribution in [0.4, 0.5) is 0 Å². The molecule has 1 heterocycles. The predicted octanol–water partition coefficient (Wildman–Crippen LogP) is 2.95. The summed E-state index contributed by atoms with van der Waals surface area (Å²) in [5.41, 5.74) is 1.28. The second-order valence-corrected chi connectivity index (χ2v) is 5.68. The molecule has 0 atom stereocenters. The lowest BCUT2D eigenvalue weighted by Gasteiger charge is -2.01. The molecule has 1 aliphatic heterocycles. The van der Waals surface area contributed by atoms with Crippen molar-refractivity contribution in [3.8, 4) is 5.75 Å². The molecule has 0 spiro atoms. The lowest BCUT2D eigenvalue weighted by atomic mass is 10.2. The highest BCUT2D eigenvalue weighted by Gasteiger charge is 2.21. The number of hydrogen-bond donors (Lipinski definition) is 0. The molecule has 1 aromatic rings. The number of esters is 1. The van der Waals surface area contributed by atoms with Gasteiger partial charge in [0.15, 0.2) is 0 Å². The van der Waals surface area contributed by atoms with Gasteiger partial charge < -0.3 is 4.74 Å². The fourth-order valence-electron chi connectivity index (χ4n) is 1.43. The molecule has 0 amide bonds. The highest BCUT2D eigenvalue weighted by atomic mass is 32.2. The molecule has 98 valence electrons. The quantitative estimate of drug-likeness (QED) is 0.477. The van der Waals surface area contributed by atoms with Gasteiger partial charge in [-0.05, 0) is 41.8 Å². The molecule has 0 aromatic heterocycles. The molecule has 19 heavy (non-hydrogen) atoms. The number of hydrogen-bond acceptors (Lipinski definition) is 6. The smallest absolute Gasteiger partial charge is 0.308 e. The fraction of sp³-hybridized carbons (Fsp3) is 0.154. The van der Waals surface area contributed by atoms with Gasteiger partial charge in [-0.2, -0.15) is 0 Å². The maximum Gasteiger partial charge on any atom is 0.308 e. The van der Waals surface area contributed by atoms with E-state index in [2.05, 4.69) is 4.99 Å². The predicted molar refractivity (Wildman–Crippen MR) is 79.3 cm³/mol. The van der Waals surface area contributed by atoms with Crippen molar-refractivity contribution >= 4 is 45.1 Å². The molecular weight excluding hydrogens is 282 g/mol. The Morgan fingerprint density at radius 2 is 2.05 bits per heavy atom. The first-order valence-corrected chi connectivity index (χ1v) is 7.47. The van der Waals surface area contributed by atoms with E-state index in [-0.39, 0.29) is 11.1 Å². The highest BCUT2D eigenvalue weighted by molar-refractivity contribution is 8.45. The summed E-state index contributed by atoms with van der Waals surface area (Å²) in [7, 11) is 0. The Hall–Kier alpha value is -1.53. The molecule has 6 heteroatoms. The topological polar surface area (TPSA) is 55.7 Å². The first kappa shape index (κ1) is 13.9. The zero-order chi connectivity index (χ0) is 13.8. The number of nitrogens with zero attached hydrogens (tertiary/aromatic N) is 1. The van der Waals surface area contributed by atoms with Crippen molar-refractivity contribution < 1.29 is 14.3 Å². The summed E-state index contributed by atoms with van der Waals surface area (Å²) in [5, 5.41) is -0.0478. The minimum Gasteiger partial charge on any atom is -0.427 e. The van der Waals surface area contributed by atoms with Gasteiger partial charge in [0.2, 0.25) is 5.12 Å². The van der Waals surface area contributed by atoms with Crippen LogP contribution in [0.5, 0.6) is 5.75 Å². The molecule has 1 aliphatic rings. The van der Waals surface area contributed by atoms with Crippen LogP contribution in [-0.4, -0.2) is 21.7 Å². The maximum atomic E-state index is 11.7. The van der Waals surface area contributed by atoms with E-state index in [1.165, 1.54) is 18.7 Å². The summed E-state index contributed by atoms with van der Waals surface area (Å²) in [6.45, 7) is 1.35. The van der Waals surface area contributed by atoms with E-state index in [1.54, 1.807) is 30.3 Å². The normalized spacial score (nSPS) is 16.6. The van der Waals surface area contributed by atoms with Gasteiger partial charge in [0.25, 0.3) is 0 Å². The van der Waals surface area contributed by atoms with Crippen LogP contribution in [0.1, 0.15) is 12.5 Å². The molecule has 0 saturated heterocycles. The number of rotatable bonds is 2. The summed E-state index contributed by atoms with van der Waals surface area (Å²) < 4.78 is 5.69. The van der Waals surface area contributed by atoms with Gasteiger partial charge in [0.05, 0.1) is 0 Å². The summed E-state index contributed by atoms with van der Waals surface area (Å²) in [4.78, 5) is 26.7. The Bertz CT molecular complexity index is 576. The summed E-state index contributed by atoms with van der Waals surface area (Å²) in [6, 6.07) is 6.91. The summed E-state index contributed by atoms with van der Waals surface area (Å²) in [6.07, 6.45) is 3.60. The zero-order valence-electron chi connectivity index (χ0n) is 10.4. The van der Waals surface area contributed by atoms with Crippen molar-refractivity contribution in [2.45, 2.75) is 6.92 Å². The van der Waals surface area contributed by atoms with Crippen LogP contribution < -0.4 is 4.74 Å². The van der Waals surface area contributed by atoms with Crippen LogP contribution in [0.3, 0.4) is 0 Å². The average Bonchev–Trinajstić information content (AvgIpc) is 2.72. The van der Waals surface area contributed by atoms with Crippen molar-refractivity contribution in [1.29, 1.82) is 0 Å². The zero-order valence-corrected chi connectivity index (χ0v) is 12.0. The molecule has 4 nitrogen and oxygen atoms in total. The summed E-state index contributed by atoms with van der Waals surface area (Å²) in [5.74, 6) is 0.123. The largest absolute Gasteiger partial charge is 0.427 e. The third-order valence-electron chi connectivity index (χ3n) is 2.22. The molecule has 0 saturated carbocycles. The molecular formula is C13H11NO3S2. The Balaban J connectivity index is 2.17. The maximum absolute atomic E-state index is 11.7. The Kier molecular flexibility index (Phi) is 4.44. The van der Waals surface area contributed by atoms with Crippen LogP contribution in [0.25, 0.3) is 6.08 Å². The number of aliphatic imine (C=N–C) groups is 1. The van der Waals surface area contributed by atoms with Gasteiger partial charge >= 0.3 is 5.97 Å². The van der Waals surface area contributed by atoms with E-state index in [0.29, 0.717) is 11.4 Å². The van der Waals surface area contributed by atoms with Crippen molar-refractivity contribution in [3.05, 3.63) is 35.5 Å². The minimum absolute atomic E-state index is 0.0478. The van der Waals surface area contributed by atoms with Crippen molar-refractivity contribution in [1.82, 2.24) is 0 Å². The molecule has 0 bridgehead atoms. The first-order chi connectivity index (χ1) is 9.08. The second-order valence-electron chi connectivity index (χ2n) is 3.66. The fourth-order valence-corrected chi connectivity index (χ4v) is 2.69. The second kappa shape index (κ2) is 6.08. The van der Waals surface area contributed by atoms with Gasteiger partial charge in [-0.15, -0.1) is 11.8 Å². The van der Waals surface area contributed by atoms with Gasteiger partial charge in [-0.1, -0.05) is 12.1 Å². The van der Waals surface area contributed by atoms with Crippen molar-refractivity contribution in [2.75, 3.05) is 6.26 Å². The van der Waals surface area contributed by atoms with E-state index < -0.39 is 0 Å². The lowest BCUT2D eigenvalue weighted by molar-refractivity contribution is -0.131. The van der Waals surface area contributed by atoms with Crippen molar-refractivity contribution in [2.24, 2.45) is 4.99 Å². The highest BCUT2D eigenvalue weighted by Crippen LogP contribution is 2.29. The summed E-state index contributed by atoms with van der Waals surface area (Å²) >= 11 is 2.59. The molecule has 0 fully saturated rings. The van der Waals surface area contributed by atoms with Gasteiger partial charge in [-0.3, -0.25) is 9.59 Å². The van der Waals surface area contributed by atoms with Gasteiger partial charge in [0.1, 0.15) is 15.8 Å². The number of ether oxygens (including phenoxy) is 1. The van der Waals surface area contributed by atoms with Gasteiger partial charge in [-0.25, -0.2) is 4.99 Å². The standard InChI is InChI=1S/C13H11NO3S2/c1-8(15)17-10-5-3-9(4-6-10)7-11-12(16)19-13(14-11)18-2/h3-7H,1-2H3/b11-7+. The SMILES string of the molecule is CSC1=N/C(=C/c2ccc(OC(C)=O)cc2)C(=O)S1. The Morgan fingerprint density at radius 1 is 1.37 bits per heavy atom. The van der Waals surface area contributed by atoms with E-state index in [1.807, 2.05) is 6.26 Å². The molecule has 2 rings (SSSR count). The van der Waals surface area contributed by atoms with E-state index in [0.717, 1.165) is 21.7 Å². The molecule has 0 unspecified atom stereocenters. The third kappa shape index (κ3) is 3.71. The molecule has 1 aromatic carbocycles. The van der Waals surface area contributed by atoms with Crippen molar-refractivity contribution in [3.63, 3.8) is 0 Å². The number of carbonyl (C=O) groups excluding carboxylic acids is 2. The van der Waals surface area contributed by atoms with E-state index in [4.69, 9.17) is 4.74 Å². The minimum atomic E-state index is -0.359. The monoisotopic (exact) mass is 293 g/mol. The Morgan fingerprint density at radius 3 is 2.58 bits per heavy atom. The van der Waals surface area contributed by atoms with Crippen LogP contribution in [0.15, 0.2) is 35.0 Å². The van der Waals surface area contributed by atoms with Crippen LogP contribution in [0.2, 0.25) is 0 Å². The van der Waals surface area contributed by atoms with Crippen LogP contribution in [0, 0.1) is 0 Å². The Labute approximate surface area is 119 Å².